The third-order valence-corrected chi connectivity index (χ3v) is 3.66. The van der Waals surface area contributed by atoms with Crippen LogP contribution in [0.2, 0.25) is 0 Å². The lowest BCUT2D eigenvalue weighted by Crippen LogP contribution is -2.17. The van der Waals surface area contributed by atoms with Crippen molar-refractivity contribution in [3.63, 3.8) is 0 Å². The van der Waals surface area contributed by atoms with E-state index in [9.17, 15) is 0 Å². The van der Waals surface area contributed by atoms with Gasteiger partial charge in [0.1, 0.15) is 0 Å². The minimum absolute atomic E-state index is 0.352. The van der Waals surface area contributed by atoms with Gasteiger partial charge in [-0.2, -0.15) is 5.10 Å². The van der Waals surface area contributed by atoms with Gasteiger partial charge in [-0.1, -0.05) is 54.6 Å². The van der Waals surface area contributed by atoms with E-state index in [1.54, 1.807) is 6.20 Å². The van der Waals surface area contributed by atoms with Crippen LogP contribution < -0.4 is 5.32 Å². The maximum atomic E-state index is 4.24. The first-order valence-corrected chi connectivity index (χ1v) is 7.34. The molecule has 21 heavy (non-hydrogen) atoms. The molecule has 0 saturated carbocycles. The molecule has 2 aromatic carbocycles. The molecule has 1 unspecified atom stereocenters. The van der Waals surface area contributed by atoms with Gasteiger partial charge in [0.25, 0.3) is 0 Å². The predicted octanol–water partition coefficient (Wildman–Crippen LogP) is 4.06. The molecule has 0 aliphatic heterocycles. The Morgan fingerprint density at radius 2 is 1.76 bits per heavy atom. The number of hydrogen-bond donors (Lipinski definition) is 1. The first kappa shape index (κ1) is 13.6. The van der Waals surface area contributed by atoms with Crippen LogP contribution in [0.3, 0.4) is 0 Å². The predicted molar refractivity (Wildman–Crippen MR) is 87.4 cm³/mol. The van der Waals surface area contributed by atoms with E-state index in [0.717, 1.165) is 29.4 Å². The van der Waals surface area contributed by atoms with Gasteiger partial charge < -0.3 is 5.32 Å². The number of benzene rings is 2. The molecular weight excluding hydrogens is 258 g/mol. The number of aryl methyl sites for hydroxylation is 1. The monoisotopic (exact) mass is 277 g/mol. The minimum Gasteiger partial charge on any atom is -0.366 e. The minimum atomic E-state index is 0.352. The zero-order valence-corrected chi connectivity index (χ0v) is 12.2. The van der Waals surface area contributed by atoms with Gasteiger partial charge >= 0.3 is 0 Å². The van der Waals surface area contributed by atoms with Gasteiger partial charge in [0.15, 0.2) is 5.82 Å². The van der Waals surface area contributed by atoms with Crippen LogP contribution in [0.15, 0.2) is 60.8 Å². The molecule has 0 aliphatic rings. The molecular formula is C18H19N3. The zero-order chi connectivity index (χ0) is 14.5. The van der Waals surface area contributed by atoms with E-state index in [4.69, 9.17) is 0 Å². The Morgan fingerprint density at radius 1 is 1.00 bits per heavy atom. The van der Waals surface area contributed by atoms with Crippen LogP contribution in [0.4, 0.5) is 5.82 Å². The second kappa shape index (κ2) is 6.35. The largest absolute Gasteiger partial charge is 0.366 e. The average molecular weight is 277 g/mol. The molecule has 0 radical (unpaired) electrons. The molecule has 0 aliphatic carbocycles. The Kier molecular flexibility index (Phi) is 4.10. The summed E-state index contributed by atoms with van der Waals surface area (Å²) in [5, 5.41) is 14.0. The third-order valence-electron chi connectivity index (χ3n) is 3.66. The smallest absolute Gasteiger partial charge is 0.156 e. The summed E-state index contributed by atoms with van der Waals surface area (Å²) in [6.45, 7) is 2.19. The second-order valence-corrected chi connectivity index (χ2v) is 5.35. The van der Waals surface area contributed by atoms with Crippen LogP contribution in [-0.4, -0.2) is 16.2 Å². The van der Waals surface area contributed by atoms with Gasteiger partial charge in [-0.15, -0.1) is 5.10 Å². The topological polar surface area (TPSA) is 37.8 Å². The standard InChI is InChI=1S/C18H19N3/c1-14(11-12-15-7-3-2-4-8-15)20-18-17-10-6-5-9-16(17)13-19-21-18/h2-10,13-14H,11-12H2,1H3,(H,20,21). The van der Waals surface area contributed by atoms with E-state index < -0.39 is 0 Å². The normalized spacial score (nSPS) is 12.2. The van der Waals surface area contributed by atoms with E-state index in [2.05, 4.69) is 64.9 Å². The van der Waals surface area contributed by atoms with Crippen molar-refractivity contribution in [1.82, 2.24) is 10.2 Å². The molecule has 106 valence electrons. The average Bonchev–Trinajstić information content (AvgIpc) is 2.54. The summed E-state index contributed by atoms with van der Waals surface area (Å²) in [7, 11) is 0. The number of aromatic nitrogens is 2. The lowest BCUT2D eigenvalue weighted by Gasteiger charge is -2.15. The Morgan fingerprint density at radius 3 is 2.62 bits per heavy atom. The highest BCUT2D eigenvalue weighted by Crippen LogP contribution is 2.20. The highest BCUT2D eigenvalue weighted by Gasteiger charge is 2.07. The summed E-state index contributed by atoms with van der Waals surface area (Å²) in [4.78, 5) is 0. The molecule has 3 aromatic rings. The van der Waals surface area contributed by atoms with Crippen molar-refractivity contribution in [3.8, 4) is 0 Å². The van der Waals surface area contributed by atoms with Crippen LogP contribution in [0.25, 0.3) is 10.8 Å². The van der Waals surface area contributed by atoms with E-state index in [1.807, 2.05) is 12.1 Å². The Hall–Kier alpha value is -2.42. The molecule has 1 atom stereocenters. The lowest BCUT2D eigenvalue weighted by molar-refractivity contribution is 0.702. The van der Waals surface area contributed by atoms with Gasteiger partial charge in [-0.25, -0.2) is 0 Å². The third kappa shape index (κ3) is 3.37. The number of anilines is 1. The molecule has 0 spiro atoms. The zero-order valence-electron chi connectivity index (χ0n) is 12.2. The molecule has 0 amide bonds. The maximum Gasteiger partial charge on any atom is 0.156 e. The highest BCUT2D eigenvalue weighted by atomic mass is 15.2. The molecule has 1 heterocycles. The van der Waals surface area contributed by atoms with Crippen molar-refractivity contribution in [2.45, 2.75) is 25.8 Å². The molecule has 0 fully saturated rings. The highest BCUT2D eigenvalue weighted by molar-refractivity contribution is 5.90. The molecule has 1 N–H and O–H groups in total. The van der Waals surface area contributed by atoms with Gasteiger partial charge in [0, 0.05) is 16.8 Å². The fourth-order valence-corrected chi connectivity index (χ4v) is 2.47. The molecule has 3 rings (SSSR count). The van der Waals surface area contributed by atoms with Crippen molar-refractivity contribution in [1.29, 1.82) is 0 Å². The Labute approximate surface area is 125 Å². The van der Waals surface area contributed by atoms with Crippen molar-refractivity contribution in [2.24, 2.45) is 0 Å². The number of rotatable bonds is 5. The van der Waals surface area contributed by atoms with Crippen LogP contribution >= 0.6 is 0 Å². The van der Waals surface area contributed by atoms with Crippen molar-refractivity contribution in [2.75, 3.05) is 5.32 Å². The lowest BCUT2D eigenvalue weighted by atomic mass is 10.1. The van der Waals surface area contributed by atoms with Gasteiger partial charge in [-0.3, -0.25) is 0 Å². The molecule has 1 aromatic heterocycles. The van der Waals surface area contributed by atoms with E-state index in [-0.39, 0.29) is 0 Å². The summed E-state index contributed by atoms with van der Waals surface area (Å²) in [6, 6.07) is 19.1. The number of nitrogens with zero attached hydrogens (tertiary/aromatic N) is 2. The summed E-state index contributed by atoms with van der Waals surface area (Å²) >= 11 is 0. The fraction of sp³-hybridized carbons (Fsp3) is 0.222. The van der Waals surface area contributed by atoms with Crippen molar-refractivity contribution < 1.29 is 0 Å². The molecule has 3 nitrogen and oxygen atoms in total. The summed E-state index contributed by atoms with van der Waals surface area (Å²) in [6.07, 6.45) is 3.93. The van der Waals surface area contributed by atoms with Gasteiger partial charge in [-0.05, 0) is 25.3 Å². The second-order valence-electron chi connectivity index (χ2n) is 5.35. The maximum absolute atomic E-state index is 4.24. The van der Waals surface area contributed by atoms with Crippen molar-refractivity contribution in [3.05, 3.63) is 66.4 Å². The van der Waals surface area contributed by atoms with Crippen LogP contribution in [-0.2, 0) is 6.42 Å². The summed E-state index contributed by atoms with van der Waals surface area (Å²) in [5.74, 6) is 0.869. The number of nitrogens with one attached hydrogen (secondary N) is 1. The number of fused-ring (bicyclic) bond motifs is 1. The quantitative estimate of drug-likeness (QED) is 0.764. The van der Waals surface area contributed by atoms with Gasteiger partial charge in [0.05, 0.1) is 6.20 Å². The molecule has 3 heteroatoms. The molecule has 0 bridgehead atoms. The first-order chi connectivity index (χ1) is 10.3. The van der Waals surface area contributed by atoms with Crippen molar-refractivity contribution >= 4 is 16.6 Å². The SMILES string of the molecule is CC(CCc1ccccc1)Nc1nncc2ccccc12. The number of hydrogen-bond acceptors (Lipinski definition) is 3. The van der Waals surface area contributed by atoms with Crippen LogP contribution in [0.1, 0.15) is 18.9 Å². The molecule has 0 saturated heterocycles. The van der Waals surface area contributed by atoms with Crippen LogP contribution in [0.5, 0.6) is 0 Å². The van der Waals surface area contributed by atoms with Crippen LogP contribution in [0, 0.1) is 0 Å². The van der Waals surface area contributed by atoms with E-state index >= 15 is 0 Å². The Balaban J connectivity index is 1.67. The first-order valence-electron chi connectivity index (χ1n) is 7.34. The van der Waals surface area contributed by atoms with E-state index in [0.29, 0.717) is 6.04 Å². The summed E-state index contributed by atoms with van der Waals surface area (Å²) < 4.78 is 0. The van der Waals surface area contributed by atoms with E-state index in [1.165, 1.54) is 5.56 Å². The Bertz CT molecular complexity index is 704. The van der Waals surface area contributed by atoms with Gasteiger partial charge in [0.2, 0.25) is 0 Å². The fourth-order valence-electron chi connectivity index (χ4n) is 2.47. The summed E-state index contributed by atoms with van der Waals surface area (Å²) in [5.41, 5.74) is 1.37.